The molecule has 1 heterocycles. The first-order valence-corrected chi connectivity index (χ1v) is 8.43. The molecule has 5 heteroatoms. The van der Waals surface area contributed by atoms with Crippen LogP contribution < -0.4 is 10.2 Å². The van der Waals surface area contributed by atoms with Crippen molar-refractivity contribution in [3.05, 3.63) is 58.1 Å². The van der Waals surface area contributed by atoms with Crippen LogP contribution in [0.5, 0.6) is 0 Å². The average molecular weight is 375 g/mol. The van der Waals surface area contributed by atoms with Gasteiger partial charge in [0.05, 0.1) is 13.2 Å². The van der Waals surface area contributed by atoms with Crippen LogP contribution in [0.15, 0.2) is 46.9 Å². The fourth-order valence-corrected chi connectivity index (χ4v) is 2.89. The van der Waals surface area contributed by atoms with Gasteiger partial charge in [-0.3, -0.25) is 4.79 Å². The number of ether oxygens (including phenoxy) is 1. The van der Waals surface area contributed by atoms with Gasteiger partial charge in [-0.15, -0.1) is 0 Å². The summed E-state index contributed by atoms with van der Waals surface area (Å²) in [5.74, 6) is -0.107. The van der Waals surface area contributed by atoms with Crippen molar-refractivity contribution in [3.63, 3.8) is 0 Å². The summed E-state index contributed by atoms with van der Waals surface area (Å²) in [7, 11) is 0. The molecule has 0 aromatic heterocycles. The number of amides is 1. The number of morpholine rings is 1. The molecule has 1 amide bonds. The van der Waals surface area contributed by atoms with E-state index in [1.807, 2.05) is 49.4 Å². The molecule has 120 valence electrons. The van der Waals surface area contributed by atoms with E-state index in [-0.39, 0.29) is 5.91 Å². The molecule has 2 aromatic rings. The topological polar surface area (TPSA) is 41.6 Å². The summed E-state index contributed by atoms with van der Waals surface area (Å²) in [4.78, 5) is 14.6. The number of nitrogens with zero attached hydrogens (tertiary/aromatic N) is 1. The summed E-state index contributed by atoms with van der Waals surface area (Å²) in [5, 5.41) is 2.93. The van der Waals surface area contributed by atoms with Crippen LogP contribution in [0, 0.1) is 6.92 Å². The van der Waals surface area contributed by atoms with Crippen molar-refractivity contribution in [2.24, 2.45) is 0 Å². The molecule has 1 aliphatic rings. The number of aryl methyl sites for hydroxylation is 1. The van der Waals surface area contributed by atoms with Gasteiger partial charge in [0, 0.05) is 34.5 Å². The summed E-state index contributed by atoms with van der Waals surface area (Å²) < 4.78 is 6.30. The zero-order valence-electron chi connectivity index (χ0n) is 13.0. The zero-order chi connectivity index (χ0) is 16.2. The molecule has 1 saturated heterocycles. The van der Waals surface area contributed by atoms with E-state index in [9.17, 15) is 4.79 Å². The molecule has 0 bridgehead atoms. The Bertz CT molecular complexity index is 695. The van der Waals surface area contributed by atoms with Gasteiger partial charge in [-0.05, 0) is 48.9 Å². The summed E-state index contributed by atoms with van der Waals surface area (Å²) in [6.07, 6.45) is 0. The third-order valence-corrected chi connectivity index (χ3v) is 4.79. The Labute approximate surface area is 144 Å². The Morgan fingerprint density at radius 1 is 1.13 bits per heavy atom. The standard InChI is InChI=1S/C18H19BrN2O2/c1-13-2-3-14(12-17(13)19)18(22)20-15-4-6-16(7-5-15)21-8-10-23-11-9-21/h2-7,12H,8-11H2,1H3,(H,20,22). The second-order valence-electron chi connectivity index (χ2n) is 5.56. The molecule has 1 N–H and O–H groups in total. The summed E-state index contributed by atoms with van der Waals surface area (Å²) >= 11 is 3.46. The van der Waals surface area contributed by atoms with E-state index in [0.717, 1.165) is 47.7 Å². The monoisotopic (exact) mass is 374 g/mol. The zero-order valence-corrected chi connectivity index (χ0v) is 14.6. The van der Waals surface area contributed by atoms with Gasteiger partial charge in [-0.1, -0.05) is 22.0 Å². The lowest BCUT2D eigenvalue weighted by molar-refractivity contribution is 0.102. The number of hydrogen-bond donors (Lipinski definition) is 1. The Balaban J connectivity index is 1.67. The van der Waals surface area contributed by atoms with E-state index >= 15 is 0 Å². The number of rotatable bonds is 3. The number of benzene rings is 2. The number of anilines is 2. The molecular weight excluding hydrogens is 356 g/mol. The van der Waals surface area contributed by atoms with Gasteiger partial charge in [0.1, 0.15) is 0 Å². The quantitative estimate of drug-likeness (QED) is 0.886. The summed E-state index contributed by atoms with van der Waals surface area (Å²) in [6.45, 7) is 5.34. The van der Waals surface area contributed by atoms with E-state index in [0.29, 0.717) is 5.56 Å². The predicted octanol–water partition coefficient (Wildman–Crippen LogP) is 3.85. The fourth-order valence-electron chi connectivity index (χ4n) is 2.51. The minimum atomic E-state index is -0.107. The number of nitrogens with one attached hydrogen (secondary N) is 1. The maximum Gasteiger partial charge on any atom is 0.255 e. The van der Waals surface area contributed by atoms with Crippen LogP contribution in [-0.4, -0.2) is 32.2 Å². The minimum absolute atomic E-state index is 0.107. The van der Waals surface area contributed by atoms with Gasteiger partial charge in [-0.2, -0.15) is 0 Å². The van der Waals surface area contributed by atoms with Crippen molar-refractivity contribution in [3.8, 4) is 0 Å². The minimum Gasteiger partial charge on any atom is -0.378 e. The third-order valence-electron chi connectivity index (χ3n) is 3.94. The summed E-state index contributed by atoms with van der Waals surface area (Å²) in [6, 6.07) is 13.5. The summed E-state index contributed by atoms with van der Waals surface area (Å²) in [5.41, 5.74) is 3.70. The van der Waals surface area contributed by atoms with Crippen LogP contribution >= 0.6 is 15.9 Å². The predicted molar refractivity (Wildman–Crippen MR) is 96.3 cm³/mol. The number of halogens is 1. The lowest BCUT2D eigenvalue weighted by atomic mass is 10.1. The van der Waals surface area contributed by atoms with Gasteiger partial charge in [0.2, 0.25) is 0 Å². The van der Waals surface area contributed by atoms with Gasteiger partial charge >= 0.3 is 0 Å². The van der Waals surface area contributed by atoms with Crippen molar-refractivity contribution in [2.75, 3.05) is 36.5 Å². The average Bonchev–Trinajstić information content (AvgIpc) is 2.59. The van der Waals surface area contributed by atoms with E-state index < -0.39 is 0 Å². The molecule has 0 atom stereocenters. The molecule has 0 spiro atoms. The largest absolute Gasteiger partial charge is 0.378 e. The Morgan fingerprint density at radius 2 is 1.83 bits per heavy atom. The maximum absolute atomic E-state index is 12.3. The number of carbonyl (C=O) groups is 1. The molecule has 0 radical (unpaired) electrons. The van der Waals surface area contributed by atoms with Crippen LogP contribution in [0.3, 0.4) is 0 Å². The molecule has 23 heavy (non-hydrogen) atoms. The maximum atomic E-state index is 12.3. The van der Waals surface area contributed by atoms with Crippen LogP contribution in [0.1, 0.15) is 15.9 Å². The van der Waals surface area contributed by atoms with E-state index in [1.165, 1.54) is 0 Å². The van der Waals surface area contributed by atoms with Gasteiger partial charge in [0.15, 0.2) is 0 Å². The molecular formula is C18H19BrN2O2. The molecule has 0 unspecified atom stereocenters. The van der Waals surface area contributed by atoms with Crippen molar-refractivity contribution in [1.29, 1.82) is 0 Å². The van der Waals surface area contributed by atoms with Crippen LogP contribution in [0.2, 0.25) is 0 Å². The van der Waals surface area contributed by atoms with E-state index in [1.54, 1.807) is 0 Å². The highest BCUT2D eigenvalue weighted by atomic mass is 79.9. The lowest BCUT2D eigenvalue weighted by Crippen LogP contribution is -2.36. The van der Waals surface area contributed by atoms with Gasteiger partial charge in [-0.25, -0.2) is 0 Å². The highest BCUT2D eigenvalue weighted by Gasteiger charge is 2.12. The highest BCUT2D eigenvalue weighted by Crippen LogP contribution is 2.21. The van der Waals surface area contributed by atoms with Crippen LogP contribution in [-0.2, 0) is 4.74 Å². The first-order valence-electron chi connectivity index (χ1n) is 7.64. The molecule has 1 fully saturated rings. The normalized spacial score (nSPS) is 14.6. The van der Waals surface area contributed by atoms with E-state index in [4.69, 9.17) is 4.74 Å². The number of carbonyl (C=O) groups excluding carboxylic acids is 1. The highest BCUT2D eigenvalue weighted by molar-refractivity contribution is 9.10. The Kier molecular flexibility index (Phi) is 4.98. The van der Waals surface area contributed by atoms with Crippen LogP contribution in [0.25, 0.3) is 0 Å². The van der Waals surface area contributed by atoms with E-state index in [2.05, 4.69) is 26.1 Å². The second kappa shape index (κ2) is 7.15. The molecule has 4 nitrogen and oxygen atoms in total. The third kappa shape index (κ3) is 3.92. The molecule has 2 aromatic carbocycles. The van der Waals surface area contributed by atoms with Crippen molar-refractivity contribution < 1.29 is 9.53 Å². The molecule has 0 aliphatic carbocycles. The molecule has 3 rings (SSSR count). The first kappa shape index (κ1) is 16.0. The first-order chi connectivity index (χ1) is 11.1. The van der Waals surface area contributed by atoms with Crippen molar-refractivity contribution >= 4 is 33.2 Å². The molecule has 1 aliphatic heterocycles. The Morgan fingerprint density at radius 3 is 2.48 bits per heavy atom. The SMILES string of the molecule is Cc1ccc(C(=O)Nc2ccc(N3CCOCC3)cc2)cc1Br. The lowest BCUT2D eigenvalue weighted by Gasteiger charge is -2.28. The van der Waals surface area contributed by atoms with Crippen LogP contribution in [0.4, 0.5) is 11.4 Å². The fraction of sp³-hybridized carbons (Fsp3) is 0.278. The smallest absolute Gasteiger partial charge is 0.255 e. The molecule has 0 saturated carbocycles. The number of hydrogen-bond acceptors (Lipinski definition) is 3. The van der Waals surface area contributed by atoms with Gasteiger partial charge in [0.25, 0.3) is 5.91 Å². The van der Waals surface area contributed by atoms with Crippen molar-refractivity contribution in [1.82, 2.24) is 0 Å². The van der Waals surface area contributed by atoms with Crippen molar-refractivity contribution in [2.45, 2.75) is 6.92 Å². The Hall–Kier alpha value is -1.85. The second-order valence-corrected chi connectivity index (χ2v) is 6.42. The van der Waals surface area contributed by atoms with Gasteiger partial charge < -0.3 is 15.0 Å².